The first-order valence-corrected chi connectivity index (χ1v) is 13.0. The van der Waals surface area contributed by atoms with Crippen LogP contribution in [0.2, 0.25) is 0 Å². The molecule has 1 aliphatic rings. The second kappa shape index (κ2) is 12.5. The molecule has 0 radical (unpaired) electrons. The van der Waals surface area contributed by atoms with Gasteiger partial charge in [-0.05, 0) is 55.0 Å². The Kier molecular flexibility index (Phi) is 9.62. The standard InChI is InChI=1S/C29H35F3O5/c1-4-5-17-36-24-16-15-23(25(30)26(24)31)27(33)37-22-13-11-20(12-14-22)18(2)19(3)29(32,28(34)35)21-9-7-6-8-10-21/h11-16,18-19,21H,4-10,17H2,1-3H3,(H,34,35)/t18?,19-,29+/m0/s1. The summed E-state index contributed by atoms with van der Waals surface area (Å²) in [7, 11) is 0. The Morgan fingerprint density at radius 1 is 1.03 bits per heavy atom. The summed E-state index contributed by atoms with van der Waals surface area (Å²) in [6, 6.07) is 8.47. The van der Waals surface area contributed by atoms with E-state index in [1.807, 2.05) is 6.92 Å². The third-order valence-electron chi connectivity index (χ3n) is 7.58. The summed E-state index contributed by atoms with van der Waals surface area (Å²) in [5.74, 6) is -7.05. The van der Waals surface area contributed by atoms with Crippen LogP contribution in [0.1, 0.15) is 87.6 Å². The van der Waals surface area contributed by atoms with E-state index < -0.39 is 52.6 Å². The summed E-state index contributed by atoms with van der Waals surface area (Å²) in [5, 5.41) is 9.82. The van der Waals surface area contributed by atoms with Crippen LogP contribution in [-0.2, 0) is 4.79 Å². The lowest BCUT2D eigenvalue weighted by Crippen LogP contribution is -2.49. The maximum atomic E-state index is 16.0. The first-order chi connectivity index (χ1) is 17.6. The van der Waals surface area contributed by atoms with Crippen molar-refractivity contribution in [3.63, 3.8) is 0 Å². The Morgan fingerprint density at radius 2 is 1.68 bits per heavy atom. The largest absolute Gasteiger partial charge is 0.490 e. The Balaban J connectivity index is 1.71. The van der Waals surface area contributed by atoms with Crippen molar-refractivity contribution >= 4 is 11.9 Å². The number of aliphatic carboxylic acids is 1. The zero-order valence-electron chi connectivity index (χ0n) is 21.6. The lowest BCUT2D eigenvalue weighted by Gasteiger charge is -2.39. The highest BCUT2D eigenvalue weighted by molar-refractivity contribution is 5.91. The van der Waals surface area contributed by atoms with E-state index in [2.05, 4.69) is 0 Å². The van der Waals surface area contributed by atoms with Gasteiger partial charge in [0, 0.05) is 11.8 Å². The van der Waals surface area contributed by atoms with Gasteiger partial charge < -0.3 is 14.6 Å². The van der Waals surface area contributed by atoms with Crippen LogP contribution in [-0.4, -0.2) is 29.3 Å². The van der Waals surface area contributed by atoms with Crippen LogP contribution in [0.5, 0.6) is 11.5 Å². The van der Waals surface area contributed by atoms with Crippen molar-refractivity contribution in [2.24, 2.45) is 11.8 Å². The molecule has 2 aromatic rings. The lowest BCUT2D eigenvalue weighted by molar-refractivity contribution is -0.162. The average Bonchev–Trinajstić information content (AvgIpc) is 2.90. The normalized spacial score (nSPS) is 17.5. The number of unbranched alkanes of at least 4 members (excludes halogenated alkanes) is 1. The number of hydrogen-bond donors (Lipinski definition) is 1. The van der Waals surface area contributed by atoms with E-state index in [1.165, 1.54) is 18.2 Å². The maximum absolute atomic E-state index is 16.0. The Morgan fingerprint density at radius 3 is 2.27 bits per heavy atom. The fraction of sp³-hybridized carbons (Fsp3) is 0.517. The second-order valence-electron chi connectivity index (χ2n) is 9.89. The number of benzene rings is 2. The number of alkyl halides is 1. The Hall–Kier alpha value is -3.03. The van der Waals surface area contributed by atoms with Crippen molar-refractivity contribution in [2.75, 3.05) is 6.61 Å². The number of hydrogen-bond acceptors (Lipinski definition) is 4. The first kappa shape index (κ1) is 28.5. The molecule has 0 saturated heterocycles. The minimum atomic E-state index is -2.35. The summed E-state index contributed by atoms with van der Waals surface area (Å²) < 4.78 is 55.2. The summed E-state index contributed by atoms with van der Waals surface area (Å²) in [6.45, 7) is 5.56. The molecule has 5 nitrogen and oxygen atoms in total. The lowest BCUT2D eigenvalue weighted by atomic mass is 9.67. The first-order valence-electron chi connectivity index (χ1n) is 13.0. The SMILES string of the molecule is CCCCOc1ccc(C(=O)Oc2ccc(C(C)[C@H](C)[C@](F)(C(=O)O)C3CCCCC3)cc2)c(F)c1F. The smallest absolute Gasteiger partial charge is 0.346 e. The molecular weight excluding hydrogens is 485 g/mol. The highest BCUT2D eigenvalue weighted by atomic mass is 19.2. The van der Waals surface area contributed by atoms with Gasteiger partial charge in [0.05, 0.1) is 12.2 Å². The third-order valence-corrected chi connectivity index (χ3v) is 7.58. The van der Waals surface area contributed by atoms with Crippen molar-refractivity contribution in [2.45, 2.75) is 77.3 Å². The Bertz CT molecular complexity index is 1080. The van der Waals surface area contributed by atoms with Gasteiger partial charge in [0.1, 0.15) is 5.75 Å². The zero-order valence-corrected chi connectivity index (χ0v) is 21.6. The van der Waals surface area contributed by atoms with Gasteiger partial charge in [-0.2, -0.15) is 4.39 Å². The van der Waals surface area contributed by atoms with Crippen LogP contribution in [0.4, 0.5) is 13.2 Å². The molecule has 1 aliphatic carbocycles. The van der Waals surface area contributed by atoms with Crippen LogP contribution < -0.4 is 9.47 Å². The molecule has 0 spiro atoms. The number of carboxylic acid groups (broad SMARTS) is 1. The van der Waals surface area contributed by atoms with Gasteiger partial charge in [0.2, 0.25) is 11.5 Å². The van der Waals surface area contributed by atoms with Gasteiger partial charge in [-0.3, -0.25) is 0 Å². The van der Waals surface area contributed by atoms with Crippen LogP contribution in [0.3, 0.4) is 0 Å². The quantitative estimate of drug-likeness (QED) is 0.189. The molecule has 0 aliphatic heterocycles. The topological polar surface area (TPSA) is 72.8 Å². The molecule has 2 aromatic carbocycles. The number of carbonyl (C=O) groups is 2. The van der Waals surface area contributed by atoms with Crippen LogP contribution in [0.15, 0.2) is 36.4 Å². The van der Waals surface area contributed by atoms with Crippen molar-refractivity contribution in [1.82, 2.24) is 0 Å². The van der Waals surface area contributed by atoms with Gasteiger partial charge in [-0.1, -0.05) is 58.6 Å². The molecule has 1 unspecified atom stereocenters. The summed E-state index contributed by atoms with van der Waals surface area (Å²) in [4.78, 5) is 24.5. The third kappa shape index (κ3) is 6.28. The van der Waals surface area contributed by atoms with Gasteiger partial charge >= 0.3 is 11.9 Å². The number of carbonyl (C=O) groups excluding carboxylic acids is 1. The number of rotatable bonds is 11. The van der Waals surface area contributed by atoms with E-state index in [1.54, 1.807) is 26.0 Å². The van der Waals surface area contributed by atoms with E-state index in [0.29, 0.717) is 24.8 Å². The number of carboxylic acids is 1. The summed E-state index contributed by atoms with van der Waals surface area (Å²) in [6.07, 6.45) is 5.26. The van der Waals surface area contributed by atoms with Crippen molar-refractivity contribution < 1.29 is 37.3 Å². The van der Waals surface area contributed by atoms with Crippen LogP contribution >= 0.6 is 0 Å². The average molecular weight is 521 g/mol. The van der Waals surface area contributed by atoms with Gasteiger partial charge in [0.25, 0.3) is 0 Å². The second-order valence-corrected chi connectivity index (χ2v) is 9.89. The van der Waals surface area contributed by atoms with E-state index in [4.69, 9.17) is 9.47 Å². The number of esters is 1. The highest BCUT2D eigenvalue weighted by Crippen LogP contribution is 2.45. The van der Waals surface area contributed by atoms with Gasteiger partial charge in [-0.25, -0.2) is 18.4 Å². The van der Waals surface area contributed by atoms with Crippen LogP contribution in [0.25, 0.3) is 0 Å². The molecule has 8 heteroatoms. The van der Waals surface area contributed by atoms with Crippen molar-refractivity contribution in [3.05, 3.63) is 59.2 Å². The zero-order chi connectivity index (χ0) is 27.2. The van der Waals surface area contributed by atoms with E-state index in [0.717, 1.165) is 31.7 Å². The number of halogens is 3. The van der Waals surface area contributed by atoms with E-state index in [9.17, 15) is 23.5 Å². The predicted octanol–water partition coefficient (Wildman–Crippen LogP) is 7.48. The van der Waals surface area contributed by atoms with E-state index >= 15 is 4.39 Å². The fourth-order valence-electron chi connectivity index (χ4n) is 5.05. The van der Waals surface area contributed by atoms with E-state index in [-0.39, 0.29) is 18.1 Å². The minimum Gasteiger partial charge on any atom is -0.490 e. The van der Waals surface area contributed by atoms with Gasteiger partial charge in [-0.15, -0.1) is 0 Å². The summed E-state index contributed by atoms with van der Waals surface area (Å²) >= 11 is 0. The van der Waals surface area contributed by atoms with Crippen LogP contribution in [0, 0.1) is 23.5 Å². The molecule has 0 heterocycles. The molecule has 3 rings (SSSR count). The molecule has 1 N–H and O–H groups in total. The van der Waals surface area contributed by atoms with Crippen molar-refractivity contribution in [1.29, 1.82) is 0 Å². The van der Waals surface area contributed by atoms with Gasteiger partial charge in [0.15, 0.2) is 11.6 Å². The molecule has 0 aromatic heterocycles. The highest BCUT2D eigenvalue weighted by Gasteiger charge is 2.52. The molecule has 0 bridgehead atoms. The molecule has 37 heavy (non-hydrogen) atoms. The Labute approximate surface area is 216 Å². The minimum absolute atomic E-state index is 0.0914. The summed E-state index contributed by atoms with van der Waals surface area (Å²) in [5.41, 5.74) is -2.24. The molecule has 202 valence electrons. The molecular formula is C29H35F3O5. The molecule has 3 atom stereocenters. The number of ether oxygens (including phenoxy) is 2. The molecule has 1 fully saturated rings. The van der Waals surface area contributed by atoms with Crippen molar-refractivity contribution in [3.8, 4) is 11.5 Å². The molecule has 0 amide bonds. The molecule has 1 saturated carbocycles. The fourth-order valence-corrected chi connectivity index (χ4v) is 5.05. The predicted molar refractivity (Wildman–Crippen MR) is 134 cm³/mol. The maximum Gasteiger partial charge on any atom is 0.346 e. The monoisotopic (exact) mass is 520 g/mol.